The molecular formula is C13H28N2O. The Kier molecular flexibility index (Phi) is 9.30. The fraction of sp³-hybridized carbons (Fsp3) is 0.923. The molecule has 0 aromatic heterocycles. The van der Waals surface area contributed by atoms with Crippen molar-refractivity contribution in [3.63, 3.8) is 0 Å². The molecule has 16 heavy (non-hydrogen) atoms. The van der Waals surface area contributed by atoms with Gasteiger partial charge in [0.05, 0.1) is 0 Å². The fourth-order valence-electron chi connectivity index (χ4n) is 1.70. The lowest BCUT2D eigenvalue weighted by molar-refractivity contribution is -0.131. The average molecular weight is 228 g/mol. The molecule has 3 heteroatoms. The number of unbranched alkanes of at least 4 members (excludes halogenated alkanes) is 2. The molecule has 0 aliphatic heterocycles. The molecule has 0 radical (unpaired) electrons. The maximum atomic E-state index is 11.6. The summed E-state index contributed by atoms with van der Waals surface area (Å²) in [4.78, 5) is 13.7. The van der Waals surface area contributed by atoms with Gasteiger partial charge < -0.3 is 10.6 Å². The van der Waals surface area contributed by atoms with Gasteiger partial charge in [0.15, 0.2) is 0 Å². The van der Waals surface area contributed by atoms with Crippen LogP contribution in [0.25, 0.3) is 0 Å². The van der Waals surface area contributed by atoms with E-state index in [4.69, 9.17) is 5.73 Å². The maximum Gasteiger partial charge on any atom is 0.222 e. The van der Waals surface area contributed by atoms with Crippen LogP contribution < -0.4 is 5.73 Å². The zero-order valence-electron chi connectivity index (χ0n) is 11.2. The van der Waals surface area contributed by atoms with Crippen molar-refractivity contribution in [3.05, 3.63) is 0 Å². The van der Waals surface area contributed by atoms with E-state index in [0.29, 0.717) is 6.42 Å². The number of hydrogen-bond acceptors (Lipinski definition) is 2. The highest BCUT2D eigenvalue weighted by Gasteiger charge is 2.09. The molecule has 0 saturated heterocycles. The van der Waals surface area contributed by atoms with E-state index < -0.39 is 0 Å². The minimum Gasteiger partial charge on any atom is -0.343 e. The molecule has 0 rings (SSSR count). The molecule has 0 aromatic carbocycles. The Labute approximate surface area is 100 Å². The van der Waals surface area contributed by atoms with Gasteiger partial charge in [0.2, 0.25) is 5.91 Å². The number of nitrogens with two attached hydrogens (primary N) is 1. The molecule has 0 aliphatic rings. The largest absolute Gasteiger partial charge is 0.343 e. The quantitative estimate of drug-likeness (QED) is 0.616. The Balaban J connectivity index is 3.78. The molecule has 2 N–H and O–H groups in total. The molecule has 0 bridgehead atoms. The van der Waals surface area contributed by atoms with Crippen molar-refractivity contribution < 1.29 is 4.79 Å². The SMILES string of the molecule is CCCCN(CCCCC(C)N)C(=O)CC. The lowest BCUT2D eigenvalue weighted by Crippen LogP contribution is -2.32. The van der Waals surface area contributed by atoms with Crippen molar-refractivity contribution in [2.24, 2.45) is 5.73 Å². The normalized spacial score (nSPS) is 12.5. The second kappa shape index (κ2) is 9.64. The van der Waals surface area contributed by atoms with E-state index in [9.17, 15) is 4.79 Å². The summed E-state index contributed by atoms with van der Waals surface area (Å²) in [6, 6.07) is 0.283. The molecule has 1 amide bonds. The first-order valence-electron chi connectivity index (χ1n) is 6.65. The van der Waals surface area contributed by atoms with Crippen LogP contribution in [0.3, 0.4) is 0 Å². The molecule has 1 unspecified atom stereocenters. The average Bonchev–Trinajstić information content (AvgIpc) is 2.26. The van der Waals surface area contributed by atoms with Crippen molar-refractivity contribution >= 4 is 5.91 Å². The van der Waals surface area contributed by atoms with Crippen LogP contribution in [-0.4, -0.2) is 29.9 Å². The summed E-state index contributed by atoms with van der Waals surface area (Å²) in [5.41, 5.74) is 5.69. The van der Waals surface area contributed by atoms with Gasteiger partial charge in [-0.3, -0.25) is 4.79 Å². The Bertz CT molecular complexity index is 181. The standard InChI is InChI=1S/C13H28N2O/c1-4-6-10-15(13(16)5-2)11-8-7-9-12(3)14/h12H,4-11,14H2,1-3H3. The zero-order chi connectivity index (χ0) is 12.4. The smallest absolute Gasteiger partial charge is 0.222 e. The number of nitrogens with zero attached hydrogens (tertiary/aromatic N) is 1. The molecule has 0 saturated carbocycles. The monoisotopic (exact) mass is 228 g/mol. The first-order valence-corrected chi connectivity index (χ1v) is 6.65. The first-order chi connectivity index (χ1) is 7.61. The molecule has 1 atom stereocenters. The van der Waals surface area contributed by atoms with E-state index in [1.54, 1.807) is 0 Å². The van der Waals surface area contributed by atoms with Crippen LogP contribution in [-0.2, 0) is 4.79 Å². The van der Waals surface area contributed by atoms with Crippen LogP contribution in [0.1, 0.15) is 59.3 Å². The highest BCUT2D eigenvalue weighted by molar-refractivity contribution is 5.75. The van der Waals surface area contributed by atoms with Gasteiger partial charge in [-0.25, -0.2) is 0 Å². The van der Waals surface area contributed by atoms with E-state index >= 15 is 0 Å². The van der Waals surface area contributed by atoms with E-state index in [0.717, 1.165) is 45.2 Å². The molecule has 0 aliphatic carbocycles. The van der Waals surface area contributed by atoms with E-state index in [-0.39, 0.29) is 11.9 Å². The second-order valence-corrected chi connectivity index (χ2v) is 4.56. The minimum atomic E-state index is 0.283. The first kappa shape index (κ1) is 15.4. The topological polar surface area (TPSA) is 46.3 Å². The van der Waals surface area contributed by atoms with Crippen molar-refractivity contribution in [2.45, 2.75) is 65.3 Å². The number of rotatable bonds is 9. The van der Waals surface area contributed by atoms with Gasteiger partial charge >= 0.3 is 0 Å². The van der Waals surface area contributed by atoms with Crippen LogP contribution in [0.2, 0.25) is 0 Å². The Hall–Kier alpha value is -0.570. The van der Waals surface area contributed by atoms with Crippen molar-refractivity contribution in [1.82, 2.24) is 4.90 Å². The third kappa shape index (κ3) is 7.69. The highest BCUT2D eigenvalue weighted by atomic mass is 16.2. The Morgan fingerprint density at radius 3 is 2.31 bits per heavy atom. The van der Waals surface area contributed by atoms with Crippen molar-refractivity contribution in [1.29, 1.82) is 0 Å². The lowest BCUT2D eigenvalue weighted by atomic mass is 10.1. The number of hydrogen-bond donors (Lipinski definition) is 1. The van der Waals surface area contributed by atoms with Gasteiger partial charge in [-0.2, -0.15) is 0 Å². The second-order valence-electron chi connectivity index (χ2n) is 4.56. The fourth-order valence-corrected chi connectivity index (χ4v) is 1.70. The summed E-state index contributed by atoms with van der Waals surface area (Å²) in [6.45, 7) is 7.95. The summed E-state index contributed by atoms with van der Waals surface area (Å²) < 4.78 is 0. The van der Waals surface area contributed by atoms with Crippen LogP contribution in [0, 0.1) is 0 Å². The van der Waals surface area contributed by atoms with E-state index in [1.165, 1.54) is 0 Å². The summed E-state index contributed by atoms with van der Waals surface area (Å²) in [5, 5.41) is 0. The molecule has 0 spiro atoms. The highest BCUT2D eigenvalue weighted by Crippen LogP contribution is 2.04. The maximum absolute atomic E-state index is 11.6. The lowest BCUT2D eigenvalue weighted by Gasteiger charge is -2.22. The summed E-state index contributed by atoms with van der Waals surface area (Å²) in [5.74, 6) is 0.286. The predicted molar refractivity (Wildman–Crippen MR) is 69.3 cm³/mol. The molecule has 0 fully saturated rings. The summed E-state index contributed by atoms with van der Waals surface area (Å²) >= 11 is 0. The van der Waals surface area contributed by atoms with Crippen LogP contribution >= 0.6 is 0 Å². The van der Waals surface area contributed by atoms with Gasteiger partial charge in [0.25, 0.3) is 0 Å². The van der Waals surface area contributed by atoms with E-state index in [1.807, 2.05) is 18.7 Å². The third-order valence-corrected chi connectivity index (χ3v) is 2.77. The van der Waals surface area contributed by atoms with Crippen LogP contribution in [0.15, 0.2) is 0 Å². The zero-order valence-corrected chi connectivity index (χ0v) is 11.2. The minimum absolute atomic E-state index is 0.283. The predicted octanol–water partition coefficient (Wildman–Crippen LogP) is 2.54. The van der Waals surface area contributed by atoms with Gasteiger partial charge in [-0.1, -0.05) is 26.7 Å². The number of amides is 1. The Morgan fingerprint density at radius 1 is 1.19 bits per heavy atom. The van der Waals surface area contributed by atoms with E-state index in [2.05, 4.69) is 6.92 Å². The van der Waals surface area contributed by atoms with Crippen LogP contribution in [0.5, 0.6) is 0 Å². The van der Waals surface area contributed by atoms with Gasteiger partial charge in [0.1, 0.15) is 0 Å². The molecular weight excluding hydrogens is 200 g/mol. The van der Waals surface area contributed by atoms with Crippen LogP contribution in [0.4, 0.5) is 0 Å². The summed E-state index contributed by atoms with van der Waals surface area (Å²) in [7, 11) is 0. The van der Waals surface area contributed by atoms with Gasteiger partial charge in [0, 0.05) is 25.6 Å². The van der Waals surface area contributed by atoms with Crippen molar-refractivity contribution in [3.8, 4) is 0 Å². The molecule has 3 nitrogen and oxygen atoms in total. The molecule has 0 heterocycles. The summed E-state index contributed by atoms with van der Waals surface area (Å²) in [6.07, 6.45) is 6.14. The van der Waals surface area contributed by atoms with Gasteiger partial charge in [-0.05, 0) is 26.2 Å². The molecule has 96 valence electrons. The molecule has 0 aromatic rings. The Morgan fingerprint density at radius 2 is 1.81 bits per heavy atom. The number of carbonyl (C=O) groups excluding carboxylic acids is 1. The third-order valence-electron chi connectivity index (χ3n) is 2.77. The van der Waals surface area contributed by atoms with Gasteiger partial charge in [-0.15, -0.1) is 0 Å². The van der Waals surface area contributed by atoms with Crippen molar-refractivity contribution in [2.75, 3.05) is 13.1 Å². The number of carbonyl (C=O) groups is 1.